The molecule has 5 nitrogen and oxygen atoms in total. The van der Waals surface area contributed by atoms with E-state index in [2.05, 4.69) is 17.0 Å². The molecule has 1 aromatic rings. The Kier molecular flexibility index (Phi) is 5.05. The lowest BCUT2D eigenvalue weighted by Crippen LogP contribution is -2.40. The molecule has 1 aromatic heterocycles. The molecule has 1 atom stereocenters. The molecule has 0 aliphatic heterocycles. The fourth-order valence-corrected chi connectivity index (χ4v) is 3.15. The van der Waals surface area contributed by atoms with Gasteiger partial charge in [-0.2, -0.15) is 5.10 Å². The third-order valence-electron chi connectivity index (χ3n) is 4.52. The van der Waals surface area contributed by atoms with Crippen LogP contribution in [0.5, 0.6) is 0 Å². The first kappa shape index (κ1) is 15.3. The van der Waals surface area contributed by atoms with E-state index in [0.717, 1.165) is 17.1 Å². The number of aromatic nitrogens is 2. The average Bonchev–Trinajstić information content (AvgIpc) is 2.67. The molecule has 1 fully saturated rings. The molecule has 3 N–H and O–H groups in total. The fraction of sp³-hybridized carbons (Fsp3) is 0.800. The monoisotopic (exact) mass is 280 g/mol. The summed E-state index contributed by atoms with van der Waals surface area (Å²) in [5.41, 5.74) is 8.44. The Morgan fingerprint density at radius 3 is 2.55 bits per heavy atom. The van der Waals surface area contributed by atoms with Crippen molar-refractivity contribution in [3.05, 3.63) is 11.4 Å². The van der Waals surface area contributed by atoms with Crippen LogP contribution in [0.1, 0.15) is 43.5 Å². The van der Waals surface area contributed by atoms with E-state index < -0.39 is 6.10 Å². The first-order valence-corrected chi connectivity index (χ1v) is 7.66. The van der Waals surface area contributed by atoms with Crippen molar-refractivity contribution in [1.82, 2.24) is 14.7 Å². The third-order valence-corrected chi connectivity index (χ3v) is 4.52. The maximum Gasteiger partial charge on any atom is 0.0862 e. The lowest BCUT2D eigenvalue weighted by Gasteiger charge is -2.32. The van der Waals surface area contributed by atoms with Crippen LogP contribution in [0.2, 0.25) is 0 Å². The van der Waals surface area contributed by atoms with Crippen LogP contribution in [0.3, 0.4) is 0 Å². The van der Waals surface area contributed by atoms with Crippen molar-refractivity contribution < 1.29 is 5.11 Å². The molecule has 114 valence electrons. The van der Waals surface area contributed by atoms with Gasteiger partial charge in [0.2, 0.25) is 0 Å². The van der Waals surface area contributed by atoms with Gasteiger partial charge < -0.3 is 15.7 Å². The fourth-order valence-electron chi connectivity index (χ4n) is 3.15. The minimum atomic E-state index is -0.403. The summed E-state index contributed by atoms with van der Waals surface area (Å²) in [5.74, 6) is 0. The van der Waals surface area contributed by atoms with Crippen molar-refractivity contribution in [2.24, 2.45) is 0 Å². The predicted molar refractivity (Wildman–Crippen MR) is 81.6 cm³/mol. The number of anilines is 1. The Morgan fingerprint density at radius 1 is 1.35 bits per heavy atom. The number of hydrogen-bond donors (Lipinski definition) is 2. The second-order valence-electron chi connectivity index (χ2n) is 6.15. The summed E-state index contributed by atoms with van der Waals surface area (Å²) in [4.78, 5) is 2.30. The number of nitrogens with zero attached hydrogens (tertiary/aromatic N) is 3. The van der Waals surface area contributed by atoms with Crippen LogP contribution in [0.15, 0.2) is 0 Å². The van der Waals surface area contributed by atoms with Crippen LogP contribution in [-0.4, -0.2) is 45.5 Å². The first-order valence-electron chi connectivity index (χ1n) is 7.66. The van der Waals surface area contributed by atoms with E-state index in [9.17, 15) is 5.11 Å². The zero-order chi connectivity index (χ0) is 14.7. The van der Waals surface area contributed by atoms with Crippen molar-refractivity contribution in [2.75, 3.05) is 19.3 Å². The number of hydrogen-bond acceptors (Lipinski definition) is 4. The van der Waals surface area contributed by atoms with E-state index >= 15 is 0 Å². The van der Waals surface area contributed by atoms with E-state index in [1.807, 2.05) is 18.5 Å². The van der Waals surface area contributed by atoms with Gasteiger partial charge >= 0.3 is 0 Å². The van der Waals surface area contributed by atoms with Crippen LogP contribution in [0.4, 0.5) is 5.69 Å². The highest BCUT2D eigenvalue weighted by atomic mass is 16.3. The average molecular weight is 280 g/mol. The third kappa shape index (κ3) is 3.52. The molecule has 0 spiro atoms. The first-order chi connectivity index (χ1) is 9.49. The Labute approximate surface area is 121 Å². The Morgan fingerprint density at radius 2 is 2.00 bits per heavy atom. The Balaban J connectivity index is 1.88. The van der Waals surface area contributed by atoms with Gasteiger partial charge in [0.25, 0.3) is 0 Å². The lowest BCUT2D eigenvalue weighted by atomic mass is 9.94. The summed E-state index contributed by atoms with van der Waals surface area (Å²) in [5, 5.41) is 14.7. The molecule has 0 amide bonds. The van der Waals surface area contributed by atoms with Gasteiger partial charge in [-0.1, -0.05) is 19.3 Å². The molecule has 5 heteroatoms. The van der Waals surface area contributed by atoms with Crippen molar-refractivity contribution in [3.8, 4) is 0 Å². The molecule has 1 unspecified atom stereocenters. The minimum absolute atomic E-state index is 0.403. The van der Waals surface area contributed by atoms with Crippen LogP contribution in [-0.2, 0) is 6.54 Å². The molecule has 0 aromatic carbocycles. The van der Waals surface area contributed by atoms with Gasteiger partial charge in [-0.05, 0) is 33.7 Å². The minimum Gasteiger partial charge on any atom is -0.396 e. The molecule has 0 radical (unpaired) electrons. The quantitative estimate of drug-likeness (QED) is 0.861. The van der Waals surface area contributed by atoms with E-state index in [-0.39, 0.29) is 0 Å². The smallest absolute Gasteiger partial charge is 0.0862 e. The number of likely N-dealkylation sites (N-methyl/N-ethyl adjacent to an activating group) is 1. The number of rotatable bonds is 5. The zero-order valence-corrected chi connectivity index (χ0v) is 13.0. The van der Waals surface area contributed by atoms with Crippen molar-refractivity contribution in [1.29, 1.82) is 0 Å². The summed E-state index contributed by atoms with van der Waals surface area (Å²) in [6, 6.07) is 0.629. The van der Waals surface area contributed by atoms with E-state index in [1.165, 1.54) is 32.1 Å². The van der Waals surface area contributed by atoms with Gasteiger partial charge in [0.05, 0.1) is 29.7 Å². The van der Waals surface area contributed by atoms with Crippen LogP contribution in [0.25, 0.3) is 0 Å². The molecule has 2 rings (SSSR count). The summed E-state index contributed by atoms with van der Waals surface area (Å²) in [6.07, 6.45) is 6.11. The molecule has 1 aliphatic carbocycles. The highest BCUT2D eigenvalue weighted by Crippen LogP contribution is 2.22. The van der Waals surface area contributed by atoms with Crippen LogP contribution < -0.4 is 5.73 Å². The van der Waals surface area contributed by atoms with Crippen molar-refractivity contribution >= 4 is 5.69 Å². The molecule has 20 heavy (non-hydrogen) atoms. The Bertz CT molecular complexity index is 437. The van der Waals surface area contributed by atoms with Crippen LogP contribution >= 0.6 is 0 Å². The number of aliphatic hydroxyl groups is 1. The van der Waals surface area contributed by atoms with Crippen molar-refractivity contribution in [3.63, 3.8) is 0 Å². The molecule has 1 heterocycles. The summed E-state index contributed by atoms with van der Waals surface area (Å²) in [7, 11) is 2.12. The molecule has 0 saturated heterocycles. The number of nitrogen functional groups attached to an aromatic ring is 1. The normalized spacial score (nSPS) is 18.6. The number of aliphatic hydroxyl groups excluding tert-OH is 1. The van der Waals surface area contributed by atoms with Gasteiger partial charge in [0.15, 0.2) is 0 Å². The molecule has 1 aliphatic rings. The zero-order valence-electron chi connectivity index (χ0n) is 13.0. The van der Waals surface area contributed by atoms with E-state index in [1.54, 1.807) is 0 Å². The lowest BCUT2D eigenvalue weighted by molar-refractivity contribution is 0.0771. The van der Waals surface area contributed by atoms with Gasteiger partial charge in [-0.25, -0.2) is 0 Å². The van der Waals surface area contributed by atoms with Gasteiger partial charge in [0.1, 0.15) is 0 Å². The number of aryl methyl sites for hydroxylation is 1. The highest BCUT2D eigenvalue weighted by molar-refractivity contribution is 5.46. The molecular weight excluding hydrogens is 252 g/mol. The largest absolute Gasteiger partial charge is 0.396 e. The van der Waals surface area contributed by atoms with Gasteiger partial charge in [-0.3, -0.25) is 4.68 Å². The summed E-state index contributed by atoms with van der Waals surface area (Å²) < 4.78 is 1.82. The van der Waals surface area contributed by atoms with Gasteiger partial charge in [-0.15, -0.1) is 0 Å². The second-order valence-corrected chi connectivity index (χ2v) is 6.15. The second kappa shape index (κ2) is 6.59. The van der Waals surface area contributed by atoms with Crippen molar-refractivity contribution in [2.45, 2.75) is 64.6 Å². The van der Waals surface area contributed by atoms with E-state index in [4.69, 9.17) is 5.73 Å². The molecule has 0 bridgehead atoms. The maximum atomic E-state index is 10.3. The maximum absolute atomic E-state index is 10.3. The predicted octanol–water partition coefficient (Wildman–Crippen LogP) is 1.71. The molecular formula is C15H28N4O. The summed E-state index contributed by atoms with van der Waals surface area (Å²) in [6.45, 7) is 5.07. The van der Waals surface area contributed by atoms with Gasteiger partial charge in [0, 0.05) is 12.6 Å². The standard InChI is InChI=1S/C15H28N4O/c1-11-15(16)12(2)19(17-11)10-14(20)9-18(3)13-7-5-4-6-8-13/h13-14,20H,4-10,16H2,1-3H3. The Hall–Kier alpha value is -1.07. The highest BCUT2D eigenvalue weighted by Gasteiger charge is 2.21. The SMILES string of the molecule is Cc1nn(CC(O)CN(C)C2CCCCC2)c(C)c1N. The topological polar surface area (TPSA) is 67.3 Å². The van der Waals surface area contributed by atoms with E-state index in [0.29, 0.717) is 19.1 Å². The number of nitrogens with two attached hydrogens (primary N) is 1. The summed E-state index contributed by atoms with van der Waals surface area (Å²) >= 11 is 0. The molecule has 1 saturated carbocycles. The van der Waals surface area contributed by atoms with Crippen LogP contribution in [0, 0.1) is 13.8 Å².